The van der Waals surface area contributed by atoms with Crippen molar-refractivity contribution in [3.63, 3.8) is 0 Å². The van der Waals surface area contributed by atoms with Gasteiger partial charge in [-0.1, -0.05) is 0 Å². The quantitative estimate of drug-likeness (QED) is 0.796. The van der Waals surface area contributed by atoms with Crippen molar-refractivity contribution in [2.24, 2.45) is 0 Å². The van der Waals surface area contributed by atoms with Gasteiger partial charge in [-0.2, -0.15) is 0 Å². The van der Waals surface area contributed by atoms with Crippen LogP contribution < -0.4 is 4.74 Å². The molecule has 0 aliphatic carbocycles. The van der Waals surface area contributed by atoms with Gasteiger partial charge in [-0.25, -0.2) is 9.78 Å². The zero-order chi connectivity index (χ0) is 13.7. The SMILES string of the molecule is Cc1ccc(OCCCN2CCCC2)c(C(=O)O)n1. The summed E-state index contributed by atoms with van der Waals surface area (Å²) in [5.41, 5.74) is 0.683. The summed E-state index contributed by atoms with van der Waals surface area (Å²) in [7, 11) is 0. The Kier molecular flexibility index (Phi) is 4.74. The number of likely N-dealkylation sites (tertiary alicyclic amines) is 1. The van der Waals surface area contributed by atoms with Gasteiger partial charge in [0.05, 0.1) is 6.61 Å². The number of aromatic carboxylic acids is 1. The largest absolute Gasteiger partial charge is 0.491 e. The summed E-state index contributed by atoms with van der Waals surface area (Å²) in [6, 6.07) is 3.45. The second-order valence-electron chi connectivity index (χ2n) is 4.86. The highest BCUT2D eigenvalue weighted by atomic mass is 16.5. The number of pyridine rings is 1. The Morgan fingerprint density at radius 2 is 2.16 bits per heavy atom. The third-order valence-electron chi connectivity index (χ3n) is 3.27. The van der Waals surface area contributed by atoms with Crippen LogP contribution in [0.3, 0.4) is 0 Å². The molecule has 0 unspecified atom stereocenters. The van der Waals surface area contributed by atoms with Gasteiger partial charge in [0.1, 0.15) is 0 Å². The second kappa shape index (κ2) is 6.52. The molecule has 0 aromatic carbocycles. The molecule has 1 aromatic heterocycles. The van der Waals surface area contributed by atoms with Gasteiger partial charge in [0.2, 0.25) is 0 Å². The van der Waals surface area contributed by atoms with Crippen molar-refractivity contribution in [3.8, 4) is 5.75 Å². The molecule has 5 heteroatoms. The maximum Gasteiger partial charge on any atom is 0.358 e. The number of rotatable bonds is 6. The summed E-state index contributed by atoms with van der Waals surface area (Å²) < 4.78 is 5.54. The van der Waals surface area contributed by atoms with Crippen LogP contribution in [-0.4, -0.2) is 47.2 Å². The molecular weight excluding hydrogens is 244 g/mol. The van der Waals surface area contributed by atoms with Crippen LogP contribution in [0.4, 0.5) is 0 Å². The van der Waals surface area contributed by atoms with E-state index in [1.54, 1.807) is 19.1 Å². The number of nitrogens with zero attached hydrogens (tertiary/aromatic N) is 2. The van der Waals surface area contributed by atoms with E-state index in [1.165, 1.54) is 25.9 Å². The third kappa shape index (κ3) is 3.92. The van der Waals surface area contributed by atoms with Gasteiger partial charge in [-0.15, -0.1) is 0 Å². The predicted octanol–water partition coefficient (Wildman–Crippen LogP) is 1.95. The number of hydrogen-bond acceptors (Lipinski definition) is 4. The molecule has 0 spiro atoms. The summed E-state index contributed by atoms with van der Waals surface area (Å²) in [4.78, 5) is 17.5. The van der Waals surface area contributed by atoms with Crippen molar-refractivity contribution < 1.29 is 14.6 Å². The van der Waals surface area contributed by atoms with Gasteiger partial charge in [0, 0.05) is 12.2 Å². The number of aromatic nitrogens is 1. The third-order valence-corrected chi connectivity index (χ3v) is 3.27. The Hall–Kier alpha value is -1.62. The minimum Gasteiger partial charge on any atom is -0.491 e. The van der Waals surface area contributed by atoms with Crippen LogP contribution in [0.5, 0.6) is 5.75 Å². The molecule has 104 valence electrons. The number of aryl methyl sites for hydroxylation is 1. The predicted molar refractivity (Wildman–Crippen MR) is 71.7 cm³/mol. The number of ether oxygens (including phenoxy) is 1. The van der Waals surface area contributed by atoms with Gasteiger partial charge in [-0.05, 0) is 51.4 Å². The monoisotopic (exact) mass is 264 g/mol. The Bertz CT molecular complexity index is 442. The molecule has 5 nitrogen and oxygen atoms in total. The smallest absolute Gasteiger partial charge is 0.358 e. The maximum absolute atomic E-state index is 11.1. The molecule has 1 aliphatic rings. The summed E-state index contributed by atoms with van der Waals surface area (Å²) >= 11 is 0. The van der Waals surface area contributed by atoms with E-state index in [0.717, 1.165) is 13.0 Å². The fourth-order valence-corrected chi connectivity index (χ4v) is 2.29. The first-order valence-corrected chi connectivity index (χ1v) is 6.73. The molecule has 0 bridgehead atoms. The highest BCUT2D eigenvalue weighted by Gasteiger charge is 2.14. The van der Waals surface area contributed by atoms with Gasteiger partial charge >= 0.3 is 5.97 Å². The lowest BCUT2D eigenvalue weighted by molar-refractivity contribution is 0.0685. The molecule has 1 fully saturated rings. The van der Waals surface area contributed by atoms with E-state index in [1.807, 2.05) is 0 Å². The molecule has 1 saturated heterocycles. The summed E-state index contributed by atoms with van der Waals surface area (Å²) in [6.45, 7) is 5.66. The van der Waals surface area contributed by atoms with Crippen LogP contribution >= 0.6 is 0 Å². The molecule has 1 aliphatic heterocycles. The highest BCUT2D eigenvalue weighted by molar-refractivity contribution is 5.88. The number of carbonyl (C=O) groups is 1. The van der Waals surface area contributed by atoms with E-state index in [9.17, 15) is 4.79 Å². The maximum atomic E-state index is 11.1. The molecule has 0 saturated carbocycles. The van der Waals surface area contributed by atoms with Crippen molar-refractivity contribution in [1.29, 1.82) is 0 Å². The van der Waals surface area contributed by atoms with Gasteiger partial charge in [0.25, 0.3) is 0 Å². The molecule has 1 N–H and O–H groups in total. The van der Waals surface area contributed by atoms with Crippen LogP contribution in [0.15, 0.2) is 12.1 Å². The summed E-state index contributed by atoms with van der Waals surface area (Å²) in [5.74, 6) is -0.683. The lowest BCUT2D eigenvalue weighted by atomic mass is 10.3. The summed E-state index contributed by atoms with van der Waals surface area (Å²) in [5, 5.41) is 9.07. The first-order chi connectivity index (χ1) is 9.16. The zero-order valence-corrected chi connectivity index (χ0v) is 11.3. The number of hydrogen-bond donors (Lipinski definition) is 1. The van der Waals surface area contributed by atoms with Gasteiger partial charge in [0.15, 0.2) is 11.4 Å². The molecular formula is C14H20N2O3. The van der Waals surface area contributed by atoms with E-state index in [0.29, 0.717) is 18.1 Å². The molecule has 19 heavy (non-hydrogen) atoms. The topological polar surface area (TPSA) is 62.7 Å². The first kappa shape index (κ1) is 13.8. The Balaban J connectivity index is 1.83. The molecule has 2 heterocycles. The molecule has 0 atom stereocenters. The number of carboxylic acids is 1. The van der Waals surface area contributed by atoms with Gasteiger partial charge in [-0.3, -0.25) is 0 Å². The van der Waals surface area contributed by atoms with E-state index in [2.05, 4.69) is 9.88 Å². The van der Waals surface area contributed by atoms with Crippen molar-refractivity contribution in [2.75, 3.05) is 26.2 Å². The summed E-state index contributed by atoms with van der Waals surface area (Å²) in [6.07, 6.45) is 3.48. The molecule has 1 aromatic rings. The first-order valence-electron chi connectivity index (χ1n) is 6.73. The Labute approximate surface area is 113 Å². The highest BCUT2D eigenvalue weighted by Crippen LogP contribution is 2.17. The van der Waals surface area contributed by atoms with Crippen LogP contribution in [0.25, 0.3) is 0 Å². The van der Waals surface area contributed by atoms with Crippen LogP contribution in [0, 0.1) is 6.92 Å². The van der Waals surface area contributed by atoms with Crippen LogP contribution in [0.1, 0.15) is 35.4 Å². The van der Waals surface area contributed by atoms with Crippen molar-refractivity contribution in [3.05, 3.63) is 23.5 Å². The van der Waals surface area contributed by atoms with Gasteiger partial charge < -0.3 is 14.7 Å². The van der Waals surface area contributed by atoms with E-state index < -0.39 is 5.97 Å². The van der Waals surface area contributed by atoms with E-state index >= 15 is 0 Å². The van der Waals surface area contributed by atoms with E-state index in [-0.39, 0.29) is 5.69 Å². The van der Waals surface area contributed by atoms with Crippen LogP contribution in [0.2, 0.25) is 0 Å². The molecule has 0 amide bonds. The molecule has 0 radical (unpaired) electrons. The van der Waals surface area contributed by atoms with Crippen molar-refractivity contribution in [1.82, 2.24) is 9.88 Å². The fraction of sp³-hybridized carbons (Fsp3) is 0.571. The minimum atomic E-state index is -1.04. The van der Waals surface area contributed by atoms with Crippen LogP contribution in [-0.2, 0) is 0 Å². The Morgan fingerprint density at radius 1 is 1.42 bits per heavy atom. The lowest BCUT2D eigenvalue weighted by Crippen LogP contribution is -2.22. The fourth-order valence-electron chi connectivity index (χ4n) is 2.29. The average molecular weight is 264 g/mol. The van der Waals surface area contributed by atoms with Crippen molar-refractivity contribution in [2.45, 2.75) is 26.2 Å². The average Bonchev–Trinajstić information content (AvgIpc) is 2.89. The van der Waals surface area contributed by atoms with Crippen molar-refractivity contribution >= 4 is 5.97 Å². The second-order valence-corrected chi connectivity index (χ2v) is 4.86. The zero-order valence-electron chi connectivity index (χ0n) is 11.3. The normalized spacial score (nSPS) is 15.6. The molecule has 2 rings (SSSR count). The minimum absolute atomic E-state index is 0.00109. The Morgan fingerprint density at radius 3 is 2.84 bits per heavy atom. The lowest BCUT2D eigenvalue weighted by Gasteiger charge is -2.14. The standard InChI is InChI=1S/C14H20N2O3/c1-11-5-6-12(13(15-11)14(17)18)19-10-4-9-16-7-2-3-8-16/h5-6H,2-4,7-10H2,1H3,(H,17,18). The number of carboxylic acid groups (broad SMARTS) is 1. The van der Waals surface area contributed by atoms with E-state index in [4.69, 9.17) is 9.84 Å².